The largest absolute Gasteiger partial charge is 0.357 e. The van der Waals surface area contributed by atoms with Gasteiger partial charge in [0.2, 0.25) is 0 Å². The molecule has 0 aromatic carbocycles. The van der Waals surface area contributed by atoms with Gasteiger partial charge in [-0.15, -0.1) is 0 Å². The lowest BCUT2D eigenvalue weighted by Crippen LogP contribution is -2.52. The van der Waals surface area contributed by atoms with Crippen LogP contribution < -0.4 is 0 Å². The third kappa shape index (κ3) is 2.48. The zero-order valence-electron chi connectivity index (χ0n) is 16.4. The van der Waals surface area contributed by atoms with Gasteiger partial charge in [0, 0.05) is 24.9 Å². The quantitative estimate of drug-likeness (QED) is 0.542. The third-order valence-electron chi connectivity index (χ3n) is 8.90. The molecule has 0 N–H and O–H groups in total. The van der Waals surface area contributed by atoms with Crippen molar-refractivity contribution in [2.24, 2.45) is 34.5 Å². The highest BCUT2D eigenvalue weighted by molar-refractivity contribution is 7.58. The highest BCUT2D eigenvalue weighted by Crippen LogP contribution is 2.73. The Morgan fingerprint density at radius 1 is 1.00 bits per heavy atom. The van der Waals surface area contributed by atoms with Crippen molar-refractivity contribution in [3.05, 3.63) is 11.4 Å². The molecule has 0 amide bonds. The summed E-state index contributed by atoms with van der Waals surface area (Å²) in [6, 6.07) is 0. The van der Waals surface area contributed by atoms with Crippen molar-refractivity contribution in [1.82, 2.24) is 0 Å². The Bertz CT molecular complexity index is 606. The summed E-state index contributed by atoms with van der Waals surface area (Å²) < 4.78 is 23.9. The molecule has 0 radical (unpaired) electrons. The normalized spacial score (nSPS) is 46.8. The second-order valence-corrected chi connectivity index (χ2v) is 11.8. The van der Waals surface area contributed by atoms with E-state index >= 15 is 0 Å². The number of hydrogen-bond acceptors (Lipinski definition) is 3. The van der Waals surface area contributed by atoms with E-state index < -0.39 is 7.60 Å². The molecule has 0 aromatic rings. The van der Waals surface area contributed by atoms with E-state index in [9.17, 15) is 4.57 Å². The van der Waals surface area contributed by atoms with Crippen LogP contribution in [0.15, 0.2) is 11.4 Å². The van der Waals surface area contributed by atoms with Gasteiger partial charge in [-0.25, -0.2) is 0 Å². The molecule has 142 valence electrons. The summed E-state index contributed by atoms with van der Waals surface area (Å²) in [5.41, 5.74) is 0.554. The van der Waals surface area contributed by atoms with E-state index in [1.807, 2.05) is 0 Å². The first-order valence-corrected chi connectivity index (χ1v) is 11.9. The van der Waals surface area contributed by atoms with Crippen molar-refractivity contribution in [3.8, 4) is 0 Å². The van der Waals surface area contributed by atoms with Crippen LogP contribution in [0.5, 0.6) is 0 Å². The van der Waals surface area contributed by atoms with Crippen LogP contribution in [-0.2, 0) is 13.6 Å². The first-order chi connectivity index (χ1) is 11.9. The van der Waals surface area contributed by atoms with Gasteiger partial charge in [-0.3, -0.25) is 4.57 Å². The summed E-state index contributed by atoms with van der Waals surface area (Å²) in [5.74, 6) is 3.22. The summed E-state index contributed by atoms with van der Waals surface area (Å²) >= 11 is 0. The maximum absolute atomic E-state index is 13.2. The fraction of sp³-hybridized carbons (Fsp3) is 0.905. The molecule has 0 aliphatic heterocycles. The monoisotopic (exact) mass is 366 g/mol. The van der Waals surface area contributed by atoms with Gasteiger partial charge in [0.15, 0.2) is 0 Å². The van der Waals surface area contributed by atoms with E-state index in [2.05, 4.69) is 19.9 Å². The van der Waals surface area contributed by atoms with E-state index in [-0.39, 0.29) is 5.41 Å². The molecule has 6 atom stereocenters. The van der Waals surface area contributed by atoms with Gasteiger partial charge in [0.25, 0.3) is 0 Å². The minimum Gasteiger partial charge on any atom is -0.309 e. The van der Waals surface area contributed by atoms with Crippen LogP contribution in [0.4, 0.5) is 0 Å². The molecular formula is C21H35O3P. The molecule has 4 rings (SSSR count). The maximum Gasteiger partial charge on any atom is 0.357 e. The van der Waals surface area contributed by atoms with E-state index in [1.54, 1.807) is 0 Å². The average Bonchev–Trinajstić information content (AvgIpc) is 2.98. The summed E-state index contributed by atoms with van der Waals surface area (Å²) in [7, 11) is -0.0565. The topological polar surface area (TPSA) is 35.5 Å². The van der Waals surface area contributed by atoms with Crippen molar-refractivity contribution >= 4 is 7.60 Å². The summed E-state index contributed by atoms with van der Waals surface area (Å²) in [4.78, 5) is 0. The molecule has 0 bridgehead atoms. The molecule has 4 aliphatic carbocycles. The number of hydrogen-bond donors (Lipinski definition) is 0. The van der Waals surface area contributed by atoms with Gasteiger partial charge in [-0.1, -0.05) is 32.8 Å². The molecule has 0 spiro atoms. The molecule has 0 heterocycles. The Balaban J connectivity index is 1.64. The van der Waals surface area contributed by atoms with Crippen molar-refractivity contribution in [1.29, 1.82) is 0 Å². The minimum atomic E-state index is -3.12. The summed E-state index contributed by atoms with van der Waals surface area (Å²) in [5, 5.41) is 0.976. The van der Waals surface area contributed by atoms with Gasteiger partial charge in [0.05, 0.1) is 0 Å². The second kappa shape index (κ2) is 6.21. The Labute approximate surface area is 153 Å². The Kier molecular flexibility index (Phi) is 4.54. The number of rotatable bonds is 3. The Morgan fingerprint density at radius 2 is 1.76 bits per heavy atom. The van der Waals surface area contributed by atoms with Gasteiger partial charge in [-0.05, 0) is 74.0 Å². The Hall–Kier alpha value is -0.110. The van der Waals surface area contributed by atoms with E-state index in [1.165, 1.54) is 59.2 Å². The summed E-state index contributed by atoms with van der Waals surface area (Å²) in [6.45, 7) is 4.95. The predicted octanol–water partition coefficient (Wildman–Crippen LogP) is 6.40. The van der Waals surface area contributed by atoms with Gasteiger partial charge < -0.3 is 9.05 Å². The summed E-state index contributed by atoms with van der Waals surface area (Å²) in [6.07, 6.45) is 14.2. The van der Waals surface area contributed by atoms with E-state index in [0.717, 1.165) is 35.9 Å². The van der Waals surface area contributed by atoms with Crippen LogP contribution in [0.1, 0.15) is 71.6 Å². The van der Waals surface area contributed by atoms with Gasteiger partial charge >= 0.3 is 7.60 Å². The van der Waals surface area contributed by atoms with Crippen molar-refractivity contribution in [2.45, 2.75) is 71.6 Å². The smallest absolute Gasteiger partial charge is 0.309 e. The van der Waals surface area contributed by atoms with Crippen LogP contribution >= 0.6 is 7.60 Å². The first kappa shape index (κ1) is 18.3. The lowest BCUT2D eigenvalue weighted by Gasteiger charge is -2.60. The molecule has 25 heavy (non-hydrogen) atoms. The fourth-order valence-electron chi connectivity index (χ4n) is 7.54. The van der Waals surface area contributed by atoms with E-state index in [4.69, 9.17) is 9.05 Å². The highest BCUT2D eigenvalue weighted by atomic mass is 31.2. The second-order valence-electron chi connectivity index (χ2n) is 9.55. The first-order valence-electron chi connectivity index (χ1n) is 10.3. The van der Waals surface area contributed by atoms with Crippen LogP contribution in [0.3, 0.4) is 0 Å². The van der Waals surface area contributed by atoms with Crippen LogP contribution in [0.2, 0.25) is 0 Å². The number of allylic oxidation sites excluding steroid dienone is 2. The fourth-order valence-corrected chi connectivity index (χ4v) is 9.31. The zero-order valence-corrected chi connectivity index (χ0v) is 17.3. The lowest BCUT2D eigenvalue weighted by molar-refractivity contribution is -0.0980. The molecule has 0 aromatic heterocycles. The lowest BCUT2D eigenvalue weighted by atomic mass is 9.45. The maximum atomic E-state index is 13.2. The molecule has 0 saturated heterocycles. The molecule has 1 unspecified atom stereocenters. The van der Waals surface area contributed by atoms with Crippen LogP contribution in [-0.4, -0.2) is 14.2 Å². The van der Waals surface area contributed by atoms with Crippen LogP contribution in [0.25, 0.3) is 0 Å². The molecule has 4 aliphatic rings. The third-order valence-corrected chi connectivity index (χ3v) is 11.1. The molecule has 3 fully saturated rings. The minimum absolute atomic E-state index is 0.000573. The van der Waals surface area contributed by atoms with Crippen molar-refractivity contribution in [2.75, 3.05) is 14.2 Å². The van der Waals surface area contributed by atoms with Crippen molar-refractivity contribution in [3.63, 3.8) is 0 Å². The zero-order chi connectivity index (χ0) is 17.9. The highest BCUT2D eigenvalue weighted by Gasteiger charge is 2.60. The molecule has 3 nitrogen and oxygen atoms in total. The van der Waals surface area contributed by atoms with Crippen molar-refractivity contribution < 1.29 is 13.6 Å². The van der Waals surface area contributed by atoms with E-state index in [0.29, 0.717) is 11.3 Å². The predicted molar refractivity (Wildman–Crippen MR) is 101 cm³/mol. The SMILES string of the molecule is COP(=O)(OC)C1=CC[C@H]2[C@@H]3CCC4CCCC[C@]4(C)[C@H]3CC[C@]12C. The van der Waals surface area contributed by atoms with Gasteiger partial charge in [0.1, 0.15) is 0 Å². The average molecular weight is 366 g/mol. The number of fused-ring (bicyclic) bond motifs is 5. The molecular weight excluding hydrogens is 331 g/mol. The van der Waals surface area contributed by atoms with Crippen LogP contribution in [0, 0.1) is 34.5 Å². The van der Waals surface area contributed by atoms with Gasteiger partial charge in [-0.2, -0.15) is 0 Å². The Morgan fingerprint density at radius 3 is 2.48 bits per heavy atom. The molecule has 4 heteroatoms. The standard InChI is InChI=1S/C21H35O3P/c1-20-13-6-5-7-15(20)8-9-16-17-10-11-19(25(22,23-3)24-4)21(17,2)14-12-18(16)20/h11,15-18H,5-10,12-14H2,1-4H3/t15?,16-,17-,18-,20-,21-/m0/s1. The molecule has 3 saturated carbocycles.